The number of aliphatic hydroxyl groups is 1. The molecule has 0 amide bonds. The van der Waals surface area contributed by atoms with Crippen molar-refractivity contribution in [3.63, 3.8) is 0 Å². The van der Waals surface area contributed by atoms with Crippen LogP contribution in [0.15, 0.2) is 12.1 Å². The van der Waals surface area contributed by atoms with E-state index in [1.807, 2.05) is 6.92 Å². The van der Waals surface area contributed by atoms with Crippen molar-refractivity contribution in [2.75, 3.05) is 26.2 Å². The normalized spacial score (nSPS) is 19.8. The van der Waals surface area contributed by atoms with Gasteiger partial charge in [0.05, 0.1) is 0 Å². The lowest BCUT2D eigenvalue weighted by Gasteiger charge is -2.33. The number of phenolic OH excluding ortho intramolecular Hbond substituents is 1. The number of phenols is 1. The highest BCUT2D eigenvalue weighted by atomic mass is 19.1. The zero-order chi connectivity index (χ0) is 20.0. The van der Waals surface area contributed by atoms with Gasteiger partial charge in [0.15, 0.2) is 0 Å². The van der Waals surface area contributed by atoms with E-state index in [2.05, 4.69) is 25.7 Å². The largest absolute Gasteiger partial charge is 0.508 e. The summed E-state index contributed by atoms with van der Waals surface area (Å²) < 4.78 is 14.0. The van der Waals surface area contributed by atoms with Gasteiger partial charge in [-0.1, -0.05) is 27.2 Å². The molecule has 0 aliphatic carbocycles. The molecule has 4 heteroatoms. The Labute approximate surface area is 164 Å². The van der Waals surface area contributed by atoms with Crippen LogP contribution in [-0.2, 0) is 0 Å². The molecule has 1 fully saturated rings. The lowest BCUT2D eigenvalue weighted by Crippen LogP contribution is -2.37. The summed E-state index contributed by atoms with van der Waals surface area (Å²) in [5, 5.41) is 19.1. The lowest BCUT2D eigenvalue weighted by molar-refractivity contribution is 0.119. The van der Waals surface area contributed by atoms with E-state index in [4.69, 9.17) is 0 Å². The SMILES string of the molecule is CCC(CCC(C)CN1CCC(CO)CC1)C(C)c1cc(O)cc(F)c1C. The van der Waals surface area contributed by atoms with Crippen LogP contribution < -0.4 is 0 Å². The Kier molecular flexibility index (Phi) is 8.56. The van der Waals surface area contributed by atoms with E-state index in [1.165, 1.54) is 12.5 Å². The standard InChI is InChI=1S/C23H38FNO2/c1-5-20(17(3)22-12-21(27)13-23(24)18(22)4)7-6-16(2)14-25-10-8-19(15-26)9-11-25/h12-13,16-17,19-20,26-27H,5-11,14-15H2,1-4H3. The predicted molar refractivity (Wildman–Crippen MR) is 110 cm³/mol. The smallest absolute Gasteiger partial charge is 0.130 e. The monoisotopic (exact) mass is 379 g/mol. The molecule has 0 aromatic heterocycles. The molecular weight excluding hydrogens is 341 g/mol. The molecule has 2 rings (SSSR count). The fourth-order valence-electron chi connectivity index (χ4n) is 4.60. The molecule has 1 aliphatic heterocycles. The van der Waals surface area contributed by atoms with Crippen LogP contribution in [0.2, 0.25) is 0 Å². The molecule has 0 spiro atoms. The number of aromatic hydroxyl groups is 1. The summed E-state index contributed by atoms with van der Waals surface area (Å²) in [5.74, 6) is 1.57. The van der Waals surface area contributed by atoms with Crippen molar-refractivity contribution < 1.29 is 14.6 Å². The number of rotatable bonds is 9. The molecule has 1 aromatic carbocycles. The average Bonchev–Trinajstić information content (AvgIpc) is 2.65. The second kappa shape index (κ2) is 10.4. The minimum Gasteiger partial charge on any atom is -0.508 e. The zero-order valence-electron chi connectivity index (χ0n) is 17.5. The van der Waals surface area contributed by atoms with E-state index in [0.29, 0.717) is 29.9 Å². The number of likely N-dealkylation sites (tertiary alicyclic amines) is 1. The summed E-state index contributed by atoms with van der Waals surface area (Å²) in [6.45, 7) is 12.2. The molecule has 1 heterocycles. The third-order valence-electron chi connectivity index (χ3n) is 6.66. The molecule has 2 N–H and O–H groups in total. The number of benzene rings is 1. The molecule has 0 saturated carbocycles. The lowest BCUT2D eigenvalue weighted by atomic mass is 9.80. The van der Waals surface area contributed by atoms with Gasteiger partial charge in [0.2, 0.25) is 0 Å². The van der Waals surface area contributed by atoms with Crippen LogP contribution in [0.1, 0.15) is 69.9 Å². The fraction of sp³-hybridized carbons (Fsp3) is 0.739. The number of nitrogens with zero attached hydrogens (tertiary/aromatic N) is 1. The molecule has 0 radical (unpaired) electrons. The van der Waals surface area contributed by atoms with Crippen molar-refractivity contribution in [1.29, 1.82) is 0 Å². The minimum absolute atomic E-state index is 0.0226. The first-order valence-corrected chi connectivity index (χ1v) is 10.7. The van der Waals surface area contributed by atoms with E-state index < -0.39 is 0 Å². The van der Waals surface area contributed by atoms with Crippen molar-refractivity contribution in [2.24, 2.45) is 17.8 Å². The quantitative estimate of drug-likeness (QED) is 0.628. The molecule has 1 aromatic rings. The maximum Gasteiger partial charge on any atom is 0.130 e. The maximum atomic E-state index is 14.0. The van der Waals surface area contributed by atoms with Crippen molar-refractivity contribution in [3.05, 3.63) is 29.1 Å². The zero-order valence-corrected chi connectivity index (χ0v) is 17.5. The van der Waals surface area contributed by atoms with E-state index in [-0.39, 0.29) is 17.5 Å². The van der Waals surface area contributed by atoms with Crippen LogP contribution in [0.25, 0.3) is 0 Å². The Bertz CT molecular complexity index is 584. The van der Waals surface area contributed by atoms with E-state index >= 15 is 0 Å². The molecule has 1 saturated heterocycles. The van der Waals surface area contributed by atoms with Gasteiger partial charge in [-0.05, 0) is 86.6 Å². The second-order valence-corrected chi connectivity index (χ2v) is 8.71. The third-order valence-corrected chi connectivity index (χ3v) is 6.66. The number of hydrogen-bond donors (Lipinski definition) is 2. The molecular formula is C23H38FNO2. The topological polar surface area (TPSA) is 43.7 Å². The molecule has 27 heavy (non-hydrogen) atoms. The summed E-state index contributed by atoms with van der Waals surface area (Å²) in [6.07, 6.45) is 5.58. The first-order valence-electron chi connectivity index (χ1n) is 10.7. The number of aliphatic hydroxyl groups excluding tert-OH is 1. The minimum atomic E-state index is -0.314. The van der Waals surface area contributed by atoms with Gasteiger partial charge < -0.3 is 15.1 Å². The first-order chi connectivity index (χ1) is 12.8. The van der Waals surface area contributed by atoms with Gasteiger partial charge in [-0.25, -0.2) is 4.39 Å². The van der Waals surface area contributed by atoms with Gasteiger partial charge in [0, 0.05) is 19.2 Å². The summed E-state index contributed by atoms with van der Waals surface area (Å²) in [5.41, 5.74) is 1.61. The maximum absolute atomic E-state index is 14.0. The Balaban J connectivity index is 1.87. The number of halogens is 1. The average molecular weight is 380 g/mol. The van der Waals surface area contributed by atoms with Crippen molar-refractivity contribution in [3.8, 4) is 5.75 Å². The van der Waals surface area contributed by atoms with Gasteiger partial charge in [-0.15, -0.1) is 0 Å². The molecule has 154 valence electrons. The Morgan fingerprint density at radius 1 is 1.19 bits per heavy atom. The summed E-state index contributed by atoms with van der Waals surface area (Å²) >= 11 is 0. The van der Waals surface area contributed by atoms with Gasteiger partial charge >= 0.3 is 0 Å². The van der Waals surface area contributed by atoms with E-state index in [0.717, 1.165) is 50.9 Å². The van der Waals surface area contributed by atoms with Crippen LogP contribution >= 0.6 is 0 Å². The Morgan fingerprint density at radius 3 is 2.44 bits per heavy atom. The summed E-state index contributed by atoms with van der Waals surface area (Å²) in [6, 6.07) is 2.94. The van der Waals surface area contributed by atoms with E-state index in [1.54, 1.807) is 6.07 Å². The highest BCUT2D eigenvalue weighted by Crippen LogP contribution is 2.35. The van der Waals surface area contributed by atoms with E-state index in [9.17, 15) is 14.6 Å². The van der Waals surface area contributed by atoms with Crippen LogP contribution in [-0.4, -0.2) is 41.4 Å². The Hall–Kier alpha value is -1.13. The Morgan fingerprint density at radius 2 is 1.85 bits per heavy atom. The van der Waals surface area contributed by atoms with Crippen molar-refractivity contribution in [2.45, 2.75) is 65.7 Å². The van der Waals surface area contributed by atoms with Crippen LogP contribution in [0.3, 0.4) is 0 Å². The number of piperidine rings is 1. The first kappa shape index (κ1) is 22.2. The van der Waals surface area contributed by atoms with Crippen LogP contribution in [0.5, 0.6) is 5.75 Å². The number of hydrogen-bond acceptors (Lipinski definition) is 3. The van der Waals surface area contributed by atoms with Crippen LogP contribution in [0.4, 0.5) is 4.39 Å². The van der Waals surface area contributed by atoms with Crippen LogP contribution in [0, 0.1) is 30.5 Å². The fourth-order valence-corrected chi connectivity index (χ4v) is 4.60. The molecule has 3 nitrogen and oxygen atoms in total. The molecule has 0 bridgehead atoms. The molecule has 3 unspecified atom stereocenters. The summed E-state index contributed by atoms with van der Waals surface area (Å²) in [7, 11) is 0. The highest BCUT2D eigenvalue weighted by Gasteiger charge is 2.23. The molecule has 3 atom stereocenters. The van der Waals surface area contributed by atoms with Gasteiger partial charge in [0.25, 0.3) is 0 Å². The van der Waals surface area contributed by atoms with Gasteiger partial charge in [0.1, 0.15) is 11.6 Å². The van der Waals surface area contributed by atoms with Gasteiger partial charge in [-0.3, -0.25) is 0 Å². The van der Waals surface area contributed by atoms with Gasteiger partial charge in [-0.2, -0.15) is 0 Å². The third kappa shape index (κ3) is 6.18. The highest BCUT2D eigenvalue weighted by molar-refractivity contribution is 5.37. The predicted octanol–water partition coefficient (Wildman–Crippen LogP) is 5.09. The van der Waals surface area contributed by atoms with Crippen molar-refractivity contribution >= 4 is 0 Å². The second-order valence-electron chi connectivity index (χ2n) is 8.71. The molecule has 1 aliphatic rings. The van der Waals surface area contributed by atoms with Crippen molar-refractivity contribution in [1.82, 2.24) is 4.90 Å². The summed E-state index contributed by atoms with van der Waals surface area (Å²) in [4.78, 5) is 2.54.